The van der Waals surface area contributed by atoms with Crippen molar-refractivity contribution in [3.63, 3.8) is 0 Å². The van der Waals surface area contributed by atoms with Gasteiger partial charge in [0.2, 0.25) is 0 Å². The van der Waals surface area contributed by atoms with Gasteiger partial charge in [-0.1, -0.05) is 44.6 Å². The molecule has 1 rings (SSSR count). The third-order valence-electron chi connectivity index (χ3n) is 3.19. The van der Waals surface area contributed by atoms with Gasteiger partial charge in [0.05, 0.1) is 6.61 Å². The predicted octanol–water partition coefficient (Wildman–Crippen LogP) is 3.26. The molecule has 0 aliphatic heterocycles. The molecule has 2 nitrogen and oxygen atoms in total. The Kier molecular flexibility index (Phi) is 6.69. The molecular formula is C13H24O2. The van der Waals surface area contributed by atoms with Gasteiger partial charge in [-0.2, -0.15) is 0 Å². The molecule has 1 saturated carbocycles. The lowest BCUT2D eigenvalue weighted by atomic mass is 9.86. The van der Waals surface area contributed by atoms with Gasteiger partial charge in [0.25, 0.3) is 0 Å². The monoisotopic (exact) mass is 212 g/mol. The van der Waals surface area contributed by atoms with Gasteiger partial charge in [0, 0.05) is 0 Å². The summed E-state index contributed by atoms with van der Waals surface area (Å²) in [5, 5.41) is 9.44. The first-order valence-corrected chi connectivity index (χ1v) is 6.23. The van der Waals surface area contributed by atoms with Crippen LogP contribution in [0.25, 0.3) is 0 Å². The van der Waals surface area contributed by atoms with Gasteiger partial charge in [-0.25, -0.2) is 0 Å². The maximum Gasteiger partial charge on any atom is 0.154 e. The van der Waals surface area contributed by atoms with Crippen LogP contribution in [0, 0.1) is 5.92 Å². The zero-order valence-corrected chi connectivity index (χ0v) is 9.66. The van der Waals surface area contributed by atoms with E-state index in [0.717, 1.165) is 18.8 Å². The van der Waals surface area contributed by atoms with Crippen molar-refractivity contribution in [1.29, 1.82) is 0 Å². The minimum absolute atomic E-state index is 0.449. The molecule has 1 N–H and O–H groups in total. The highest BCUT2D eigenvalue weighted by molar-refractivity contribution is 4.67. The molecule has 0 bridgehead atoms. The van der Waals surface area contributed by atoms with E-state index in [2.05, 4.69) is 6.58 Å². The summed E-state index contributed by atoms with van der Waals surface area (Å²) in [5.74, 6) is 0.908. The van der Waals surface area contributed by atoms with Gasteiger partial charge in [0.15, 0.2) is 6.29 Å². The van der Waals surface area contributed by atoms with E-state index in [9.17, 15) is 5.11 Å². The first kappa shape index (κ1) is 12.7. The van der Waals surface area contributed by atoms with Crippen LogP contribution in [0.3, 0.4) is 0 Å². The zero-order valence-electron chi connectivity index (χ0n) is 9.66. The Labute approximate surface area is 93.3 Å². The summed E-state index contributed by atoms with van der Waals surface area (Å²) in [6.45, 7) is 4.00. The topological polar surface area (TPSA) is 29.5 Å². The minimum atomic E-state index is -0.591. The van der Waals surface area contributed by atoms with Crippen LogP contribution in [0.2, 0.25) is 0 Å². The molecule has 0 aromatic heterocycles. The number of rotatable bonds is 7. The van der Waals surface area contributed by atoms with Crippen molar-refractivity contribution in [3.8, 4) is 0 Å². The van der Waals surface area contributed by atoms with Crippen LogP contribution in [0.5, 0.6) is 0 Å². The lowest BCUT2D eigenvalue weighted by Gasteiger charge is -2.21. The van der Waals surface area contributed by atoms with Crippen molar-refractivity contribution in [2.75, 3.05) is 6.61 Å². The molecule has 1 aliphatic rings. The molecule has 0 spiro atoms. The second-order valence-electron chi connectivity index (χ2n) is 4.51. The number of ether oxygens (including phenoxy) is 1. The van der Waals surface area contributed by atoms with E-state index in [1.807, 2.05) is 0 Å². The molecule has 0 amide bonds. The zero-order chi connectivity index (χ0) is 10.9. The summed E-state index contributed by atoms with van der Waals surface area (Å²) in [4.78, 5) is 0. The summed E-state index contributed by atoms with van der Waals surface area (Å²) in [6, 6.07) is 0. The Morgan fingerprint density at radius 3 is 2.73 bits per heavy atom. The van der Waals surface area contributed by atoms with Gasteiger partial charge in [0.1, 0.15) is 0 Å². The van der Waals surface area contributed by atoms with E-state index in [4.69, 9.17) is 4.74 Å². The molecule has 1 unspecified atom stereocenters. The Bertz CT molecular complexity index is 162. The van der Waals surface area contributed by atoms with Crippen molar-refractivity contribution >= 4 is 0 Å². The van der Waals surface area contributed by atoms with Crippen LogP contribution in [0.15, 0.2) is 12.7 Å². The average molecular weight is 212 g/mol. The van der Waals surface area contributed by atoms with Crippen LogP contribution < -0.4 is 0 Å². The molecule has 1 atom stereocenters. The maximum absolute atomic E-state index is 9.44. The third-order valence-corrected chi connectivity index (χ3v) is 3.19. The van der Waals surface area contributed by atoms with Gasteiger partial charge < -0.3 is 9.84 Å². The molecule has 1 aliphatic carbocycles. The largest absolute Gasteiger partial charge is 0.368 e. The van der Waals surface area contributed by atoms with Crippen LogP contribution in [-0.4, -0.2) is 18.0 Å². The summed E-state index contributed by atoms with van der Waals surface area (Å²) >= 11 is 0. The van der Waals surface area contributed by atoms with Gasteiger partial charge in [-0.15, -0.1) is 6.58 Å². The van der Waals surface area contributed by atoms with Crippen LogP contribution in [0.1, 0.15) is 51.4 Å². The Morgan fingerprint density at radius 1 is 1.33 bits per heavy atom. The van der Waals surface area contributed by atoms with Crippen molar-refractivity contribution in [2.24, 2.45) is 5.92 Å². The second kappa shape index (κ2) is 7.89. The molecule has 0 heterocycles. The average Bonchev–Trinajstić information content (AvgIpc) is 2.28. The number of hydrogen-bond acceptors (Lipinski definition) is 2. The fourth-order valence-corrected chi connectivity index (χ4v) is 2.32. The van der Waals surface area contributed by atoms with E-state index < -0.39 is 6.29 Å². The third kappa shape index (κ3) is 5.95. The van der Waals surface area contributed by atoms with Crippen molar-refractivity contribution in [3.05, 3.63) is 12.7 Å². The first-order chi connectivity index (χ1) is 7.33. The molecule has 15 heavy (non-hydrogen) atoms. The molecule has 0 saturated heterocycles. The molecule has 0 aromatic carbocycles. The predicted molar refractivity (Wildman–Crippen MR) is 62.6 cm³/mol. The van der Waals surface area contributed by atoms with Gasteiger partial charge >= 0.3 is 0 Å². The van der Waals surface area contributed by atoms with E-state index >= 15 is 0 Å². The van der Waals surface area contributed by atoms with Gasteiger partial charge in [-0.05, 0) is 18.8 Å². The molecule has 1 fully saturated rings. The van der Waals surface area contributed by atoms with Crippen LogP contribution in [0.4, 0.5) is 0 Å². The molecule has 88 valence electrons. The van der Waals surface area contributed by atoms with Crippen molar-refractivity contribution in [2.45, 2.75) is 57.7 Å². The molecule has 2 heteroatoms. The highest BCUT2D eigenvalue weighted by Gasteiger charge is 2.13. The smallest absolute Gasteiger partial charge is 0.154 e. The fourth-order valence-electron chi connectivity index (χ4n) is 2.32. The Balaban J connectivity index is 1.96. The lowest BCUT2D eigenvalue weighted by Crippen LogP contribution is -2.13. The standard InChI is InChI=1S/C13H24O2/c1-2-11-15-13(14)10-6-9-12-7-4-3-5-8-12/h2,12-14H,1,3-11H2. The summed E-state index contributed by atoms with van der Waals surface area (Å²) in [6.07, 6.45) is 11.2. The number of aliphatic hydroxyl groups is 1. The maximum atomic E-state index is 9.44. The summed E-state index contributed by atoms with van der Waals surface area (Å²) in [7, 11) is 0. The Morgan fingerprint density at radius 2 is 2.07 bits per heavy atom. The van der Waals surface area contributed by atoms with E-state index in [1.54, 1.807) is 6.08 Å². The summed E-state index contributed by atoms with van der Waals surface area (Å²) in [5.41, 5.74) is 0. The van der Waals surface area contributed by atoms with Crippen molar-refractivity contribution in [1.82, 2.24) is 0 Å². The quantitative estimate of drug-likeness (QED) is 0.518. The normalized spacial score (nSPS) is 20.1. The number of hydrogen-bond donors (Lipinski definition) is 1. The number of aliphatic hydroxyl groups excluding tert-OH is 1. The van der Waals surface area contributed by atoms with E-state index in [-0.39, 0.29) is 0 Å². The SMILES string of the molecule is C=CCOC(O)CCCC1CCCCC1. The fraction of sp³-hybridized carbons (Fsp3) is 0.846. The van der Waals surface area contributed by atoms with E-state index in [0.29, 0.717) is 6.61 Å². The second-order valence-corrected chi connectivity index (χ2v) is 4.51. The van der Waals surface area contributed by atoms with E-state index in [1.165, 1.54) is 38.5 Å². The summed E-state index contributed by atoms with van der Waals surface area (Å²) < 4.78 is 5.12. The molecule has 0 aromatic rings. The highest BCUT2D eigenvalue weighted by atomic mass is 16.6. The van der Waals surface area contributed by atoms with Gasteiger partial charge in [-0.3, -0.25) is 0 Å². The first-order valence-electron chi connectivity index (χ1n) is 6.23. The molecule has 0 radical (unpaired) electrons. The lowest BCUT2D eigenvalue weighted by molar-refractivity contribution is -0.0942. The van der Waals surface area contributed by atoms with Crippen molar-refractivity contribution < 1.29 is 9.84 Å². The Hall–Kier alpha value is -0.340. The minimum Gasteiger partial charge on any atom is -0.368 e. The van der Waals surface area contributed by atoms with Crippen LogP contribution >= 0.6 is 0 Å². The highest BCUT2D eigenvalue weighted by Crippen LogP contribution is 2.27. The van der Waals surface area contributed by atoms with Crippen LogP contribution in [-0.2, 0) is 4.74 Å². The molecular weight excluding hydrogens is 188 g/mol.